The molecule has 0 bridgehead atoms. The fraction of sp³-hybridized carbons (Fsp3) is 0.312. The molecule has 1 heterocycles. The molecule has 0 aliphatic carbocycles. The highest BCUT2D eigenvalue weighted by atomic mass is 32.1. The van der Waals surface area contributed by atoms with Crippen LogP contribution in [0, 0.1) is 0 Å². The van der Waals surface area contributed by atoms with Crippen molar-refractivity contribution in [2.75, 3.05) is 14.2 Å². The van der Waals surface area contributed by atoms with E-state index >= 15 is 0 Å². The van der Waals surface area contributed by atoms with E-state index in [0.29, 0.717) is 6.61 Å². The zero-order valence-corrected chi connectivity index (χ0v) is 13.2. The Balaban J connectivity index is 1.83. The van der Waals surface area contributed by atoms with Crippen LogP contribution in [0.25, 0.3) is 0 Å². The van der Waals surface area contributed by atoms with Crippen LogP contribution in [0.1, 0.15) is 16.0 Å². The van der Waals surface area contributed by atoms with Gasteiger partial charge in [-0.2, -0.15) is 0 Å². The van der Waals surface area contributed by atoms with Crippen molar-refractivity contribution in [1.82, 2.24) is 10.6 Å². The van der Waals surface area contributed by atoms with Crippen LogP contribution in [0.15, 0.2) is 46.8 Å². The minimum Gasteiger partial charge on any atom is -0.380 e. The topological polar surface area (TPSA) is 45.7 Å². The largest absolute Gasteiger partial charge is 0.380 e. The molecule has 4 nitrogen and oxygen atoms in total. The summed E-state index contributed by atoms with van der Waals surface area (Å²) in [5.74, 6) is 0.806. The van der Waals surface area contributed by atoms with E-state index in [-0.39, 0.29) is 0 Å². The Morgan fingerprint density at radius 2 is 1.95 bits per heavy atom. The van der Waals surface area contributed by atoms with Crippen molar-refractivity contribution in [3.8, 4) is 0 Å². The Bertz CT molecular complexity index is 567. The number of aliphatic imine (C=N–C) groups is 1. The van der Waals surface area contributed by atoms with Gasteiger partial charge in [-0.25, -0.2) is 0 Å². The Morgan fingerprint density at radius 3 is 2.67 bits per heavy atom. The highest BCUT2D eigenvalue weighted by Gasteiger charge is 2.00. The molecule has 0 amide bonds. The zero-order chi connectivity index (χ0) is 14.9. The molecule has 0 saturated heterocycles. The van der Waals surface area contributed by atoms with Crippen LogP contribution in [0.4, 0.5) is 0 Å². The number of guanidine groups is 1. The summed E-state index contributed by atoms with van der Waals surface area (Å²) in [5.41, 5.74) is 2.39. The second-order valence-corrected chi connectivity index (χ2v) is 5.64. The van der Waals surface area contributed by atoms with Crippen LogP contribution in [-0.4, -0.2) is 20.1 Å². The fourth-order valence-corrected chi connectivity index (χ4v) is 2.63. The molecule has 2 N–H and O–H groups in total. The van der Waals surface area contributed by atoms with Crippen molar-refractivity contribution < 1.29 is 4.74 Å². The van der Waals surface area contributed by atoms with Gasteiger partial charge in [0.25, 0.3) is 0 Å². The Hall–Kier alpha value is -1.85. The van der Waals surface area contributed by atoms with Gasteiger partial charge in [-0.05, 0) is 22.6 Å². The normalized spacial score (nSPS) is 11.4. The monoisotopic (exact) mass is 303 g/mol. The molecule has 0 saturated carbocycles. The summed E-state index contributed by atoms with van der Waals surface area (Å²) in [6.07, 6.45) is 0. The summed E-state index contributed by atoms with van der Waals surface area (Å²) < 4.78 is 5.15. The number of benzene rings is 1. The molecule has 2 rings (SSSR count). The van der Waals surface area contributed by atoms with Gasteiger partial charge in [-0.3, -0.25) is 4.99 Å². The molecule has 0 aliphatic rings. The first-order valence-corrected chi connectivity index (χ1v) is 7.73. The van der Waals surface area contributed by atoms with Gasteiger partial charge in [0, 0.05) is 25.6 Å². The van der Waals surface area contributed by atoms with E-state index in [9.17, 15) is 0 Å². The van der Waals surface area contributed by atoms with Crippen molar-refractivity contribution in [1.29, 1.82) is 0 Å². The van der Waals surface area contributed by atoms with Crippen LogP contribution in [0.5, 0.6) is 0 Å². The summed E-state index contributed by atoms with van der Waals surface area (Å²) in [4.78, 5) is 5.53. The lowest BCUT2D eigenvalue weighted by Gasteiger charge is -2.12. The SMILES string of the molecule is CN=C(NCc1cccc(COC)c1)NCc1cccs1. The number of nitrogens with zero attached hydrogens (tertiary/aromatic N) is 1. The standard InChI is InChI=1S/C16H21N3OS/c1-17-16(19-11-15-7-4-8-21-15)18-10-13-5-3-6-14(9-13)12-20-2/h3-9H,10-12H2,1-2H3,(H2,17,18,19). The minimum atomic E-state index is 0.638. The van der Waals surface area contributed by atoms with E-state index in [1.54, 1.807) is 25.5 Å². The number of thiophene rings is 1. The van der Waals surface area contributed by atoms with Crippen molar-refractivity contribution in [3.05, 3.63) is 57.8 Å². The third-order valence-electron chi connectivity index (χ3n) is 3.00. The van der Waals surface area contributed by atoms with Gasteiger partial charge in [0.15, 0.2) is 5.96 Å². The van der Waals surface area contributed by atoms with Crippen molar-refractivity contribution in [3.63, 3.8) is 0 Å². The molecule has 0 unspecified atom stereocenters. The lowest BCUT2D eigenvalue weighted by atomic mass is 10.1. The number of hydrogen-bond acceptors (Lipinski definition) is 3. The molecular formula is C16H21N3OS. The van der Waals surface area contributed by atoms with Gasteiger partial charge in [0.2, 0.25) is 0 Å². The average Bonchev–Trinajstić information content (AvgIpc) is 3.01. The lowest BCUT2D eigenvalue weighted by Crippen LogP contribution is -2.36. The maximum atomic E-state index is 5.15. The zero-order valence-electron chi connectivity index (χ0n) is 12.4. The highest BCUT2D eigenvalue weighted by Crippen LogP contribution is 2.08. The third-order valence-corrected chi connectivity index (χ3v) is 3.87. The van der Waals surface area contributed by atoms with Gasteiger partial charge in [-0.15, -0.1) is 11.3 Å². The summed E-state index contributed by atoms with van der Waals surface area (Å²) in [6.45, 7) is 2.17. The van der Waals surface area contributed by atoms with Crippen LogP contribution >= 0.6 is 11.3 Å². The summed E-state index contributed by atoms with van der Waals surface area (Å²) in [7, 11) is 3.49. The van der Waals surface area contributed by atoms with Gasteiger partial charge in [-0.1, -0.05) is 30.3 Å². The molecule has 0 spiro atoms. The van der Waals surface area contributed by atoms with Gasteiger partial charge in [0.05, 0.1) is 13.2 Å². The second kappa shape index (κ2) is 8.44. The molecule has 0 fully saturated rings. The Morgan fingerprint density at radius 1 is 1.14 bits per heavy atom. The second-order valence-electron chi connectivity index (χ2n) is 4.61. The first kappa shape index (κ1) is 15.5. The van der Waals surface area contributed by atoms with Crippen LogP contribution in [0.2, 0.25) is 0 Å². The maximum Gasteiger partial charge on any atom is 0.191 e. The molecule has 0 aliphatic heterocycles. The summed E-state index contributed by atoms with van der Waals surface area (Å²) >= 11 is 1.74. The lowest BCUT2D eigenvalue weighted by molar-refractivity contribution is 0.185. The number of hydrogen-bond donors (Lipinski definition) is 2. The Kier molecular flexibility index (Phi) is 6.24. The molecule has 0 radical (unpaired) electrons. The molecule has 5 heteroatoms. The number of rotatable bonds is 6. The van der Waals surface area contributed by atoms with E-state index in [2.05, 4.69) is 51.3 Å². The Labute approximate surface area is 129 Å². The quantitative estimate of drug-likeness (QED) is 0.637. The third kappa shape index (κ3) is 5.21. The predicted molar refractivity (Wildman–Crippen MR) is 88.5 cm³/mol. The van der Waals surface area contributed by atoms with E-state index in [1.165, 1.54) is 16.0 Å². The van der Waals surface area contributed by atoms with Crippen molar-refractivity contribution in [2.24, 2.45) is 4.99 Å². The molecule has 2 aromatic rings. The molecule has 112 valence electrons. The van der Waals surface area contributed by atoms with Gasteiger partial charge < -0.3 is 15.4 Å². The van der Waals surface area contributed by atoms with Crippen LogP contribution in [0.3, 0.4) is 0 Å². The first-order chi connectivity index (χ1) is 10.3. The van der Waals surface area contributed by atoms with Gasteiger partial charge >= 0.3 is 0 Å². The van der Waals surface area contributed by atoms with E-state index in [4.69, 9.17) is 4.74 Å². The van der Waals surface area contributed by atoms with Crippen molar-refractivity contribution >= 4 is 17.3 Å². The first-order valence-electron chi connectivity index (χ1n) is 6.85. The minimum absolute atomic E-state index is 0.638. The molecule has 1 aromatic heterocycles. The van der Waals surface area contributed by atoms with Crippen LogP contribution < -0.4 is 10.6 Å². The highest BCUT2D eigenvalue weighted by molar-refractivity contribution is 7.09. The van der Waals surface area contributed by atoms with Gasteiger partial charge in [0.1, 0.15) is 0 Å². The molecular weight excluding hydrogens is 282 g/mol. The fourth-order valence-electron chi connectivity index (χ4n) is 1.99. The van der Waals surface area contributed by atoms with Crippen LogP contribution in [-0.2, 0) is 24.4 Å². The molecule has 21 heavy (non-hydrogen) atoms. The van der Waals surface area contributed by atoms with Crippen molar-refractivity contribution in [2.45, 2.75) is 19.7 Å². The number of ether oxygens (including phenoxy) is 1. The number of methoxy groups -OCH3 is 1. The van der Waals surface area contributed by atoms with E-state index in [1.807, 2.05) is 6.07 Å². The smallest absolute Gasteiger partial charge is 0.191 e. The number of nitrogens with one attached hydrogen (secondary N) is 2. The predicted octanol–water partition coefficient (Wildman–Crippen LogP) is 2.76. The molecule has 0 atom stereocenters. The summed E-state index contributed by atoms with van der Waals surface area (Å²) in [5, 5.41) is 8.70. The maximum absolute atomic E-state index is 5.15. The molecule has 1 aromatic carbocycles. The summed E-state index contributed by atoms with van der Waals surface area (Å²) in [6, 6.07) is 12.5. The van der Waals surface area contributed by atoms with E-state index in [0.717, 1.165) is 19.0 Å². The average molecular weight is 303 g/mol. The van der Waals surface area contributed by atoms with E-state index < -0.39 is 0 Å².